The fourth-order valence-electron chi connectivity index (χ4n) is 4.93. The molecule has 0 spiro atoms. The molecule has 3 aromatic rings. The Morgan fingerprint density at radius 3 is 2.55 bits per heavy atom. The molecule has 31 heavy (non-hydrogen) atoms. The van der Waals surface area contributed by atoms with Gasteiger partial charge in [-0.3, -0.25) is 14.2 Å². The quantitative estimate of drug-likeness (QED) is 0.667. The molecule has 0 amide bonds. The van der Waals surface area contributed by atoms with Crippen LogP contribution in [-0.2, 0) is 16.6 Å². The van der Waals surface area contributed by atoms with Gasteiger partial charge in [-0.05, 0) is 42.3 Å². The molecule has 2 aromatic carbocycles. The van der Waals surface area contributed by atoms with Crippen LogP contribution < -0.4 is 4.31 Å². The highest BCUT2D eigenvalue weighted by molar-refractivity contribution is 7.92. The van der Waals surface area contributed by atoms with Gasteiger partial charge in [0.1, 0.15) is 0 Å². The lowest BCUT2D eigenvalue weighted by atomic mass is 9.72. The summed E-state index contributed by atoms with van der Waals surface area (Å²) in [4.78, 5) is 6.69. The monoisotopic (exact) mass is 435 g/mol. The number of aromatic nitrogens is 1. The van der Waals surface area contributed by atoms with Gasteiger partial charge in [-0.15, -0.1) is 0 Å². The van der Waals surface area contributed by atoms with Crippen LogP contribution in [0.4, 0.5) is 5.69 Å². The zero-order valence-corrected chi connectivity index (χ0v) is 18.1. The van der Waals surface area contributed by atoms with Crippen LogP contribution in [0.2, 0.25) is 0 Å². The molecule has 1 fully saturated rings. The van der Waals surface area contributed by atoms with Crippen molar-refractivity contribution in [2.75, 3.05) is 17.5 Å². The van der Waals surface area contributed by atoms with Gasteiger partial charge in [0.15, 0.2) is 0 Å². The number of aliphatic hydroxyl groups excluding tert-OH is 1. The maximum absolute atomic E-state index is 13.6. The van der Waals surface area contributed by atoms with E-state index in [0.29, 0.717) is 23.7 Å². The molecule has 5 rings (SSSR count). The van der Waals surface area contributed by atoms with Gasteiger partial charge in [-0.1, -0.05) is 42.0 Å². The average molecular weight is 436 g/mol. The second kappa shape index (κ2) is 7.75. The summed E-state index contributed by atoms with van der Waals surface area (Å²) >= 11 is 0. The summed E-state index contributed by atoms with van der Waals surface area (Å²) in [7, 11) is -3.70. The number of benzene rings is 2. The van der Waals surface area contributed by atoms with Crippen molar-refractivity contribution in [3.63, 3.8) is 0 Å². The molecule has 0 aliphatic carbocycles. The predicted octanol–water partition coefficient (Wildman–Crippen LogP) is 2.93. The maximum Gasteiger partial charge on any atom is 0.264 e. The molecule has 0 saturated carbocycles. The van der Waals surface area contributed by atoms with E-state index in [-0.39, 0.29) is 24.6 Å². The highest BCUT2D eigenvalue weighted by Gasteiger charge is 2.53. The number of fused-ring (bicyclic) bond motifs is 3. The molecule has 0 unspecified atom stereocenters. The van der Waals surface area contributed by atoms with Gasteiger partial charge in [-0.25, -0.2) is 8.42 Å². The molecule has 3 heterocycles. The molecule has 2 aliphatic heterocycles. The van der Waals surface area contributed by atoms with E-state index in [2.05, 4.69) is 9.88 Å². The fourth-order valence-corrected chi connectivity index (χ4v) is 6.44. The molecule has 1 N–H and O–H groups in total. The molecule has 2 aliphatic rings. The summed E-state index contributed by atoms with van der Waals surface area (Å²) in [6.45, 7) is 2.95. The van der Waals surface area contributed by atoms with E-state index < -0.39 is 10.0 Å². The molecule has 160 valence electrons. The summed E-state index contributed by atoms with van der Waals surface area (Å²) in [6.07, 6.45) is 3.55. The number of likely N-dealkylation sites (tertiary alicyclic amines) is 1. The minimum Gasteiger partial charge on any atom is -0.395 e. The van der Waals surface area contributed by atoms with Crippen LogP contribution in [-0.4, -0.2) is 48.6 Å². The van der Waals surface area contributed by atoms with Gasteiger partial charge in [-0.2, -0.15) is 0 Å². The molecule has 0 bridgehead atoms. The Balaban J connectivity index is 1.54. The minimum atomic E-state index is -3.70. The van der Waals surface area contributed by atoms with Crippen LogP contribution in [0.5, 0.6) is 0 Å². The van der Waals surface area contributed by atoms with Gasteiger partial charge < -0.3 is 5.11 Å². The topological polar surface area (TPSA) is 73.7 Å². The van der Waals surface area contributed by atoms with Gasteiger partial charge in [0, 0.05) is 36.9 Å². The van der Waals surface area contributed by atoms with E-state index in [1.165, 1.54) is 4.31 Å². The van der Waals surface area contributed by atoms with E-state index in [9.17, 15) is 13.5 Å². The Kier molecular flexibility index (Phi) is 5.04. The molecule has 1 saturated heterocycles. The lowest BCUT2D eigenvalue weighted by Gasteiger charge is -2.59. The Bertz CT molecular complexity index is 1180. The van der Waals surface area contributed by atoms with Crippen molar-refractivity contribution in [3.8, 4) is 0 Å². The lowest BCUT2D eigenvalue weighted by molar-refractivity contribution is -0.0478. The number of hydrogen-bond acceptors (Lipinski definition) is 5. The minimum absolute atomic E-state index is 0.00696. The zero-order valence-electron chi connectivity index (χ0n) is 17.3. The molecule has 1 aromatic heterocycles. The van der Waals surface area contributed by atoms with E-state index >= 15 is 0 Å². The number of nitrogens with zero attached hydrogens (tertiary/aromatic N) is 3. The van der Waals surface area contributed by atoms with Crippen LogP contribution in [0.1, 0.15) is 22.6 Å². The van der Waals surface area contributed by atoms with E-state index in [4.69, 9.17) is 0 Å². The number of anilines is 1. The van der Waals surface area contributed by atoms with E-state index in [1.54, 1.807) is 18.3 Å². The molecule has 7 heteroatoms. The van der Waals surface area contributed by atoms with Crippen LogP contribution in [0, 0.1) is 6.92 Å². The third-order valence-electron chi connectivity index (χ3n) is 6.48. The van der Waals surface area contributed by atoms with Crippen molar-refractivity contribution in [2.45, 2.75) is 36.4 Å². The SMILES string of the molecule is Cc1ccc(S(=O)(=O)N2C[C@@H]3[C@H](c4ccccc42)[C@H](CO)N3Cc2cccnc2)cc1. The van der Waals surface area contributed by atoms with Gasteiger partial charge in [0.25, 0.3) is 10.0 Å². The zero-order chi connectivity index (χ0) is 21.6. The lowest BCUT2D eigenvalue weighted by Crippen LogP contribution is -2.68. The first-order valence-electron chi connectivity index (χ1n) is 10.4. The predicted molar refractivity (Wildman–Crippen MR) is 119 cm³/mol. The summed E-state index contributed by atoms with van der Waals surface area (Å²) < 4.78 is 28.7. The average Bonchev–Trinajstić information content (AvgIpc) is 2.78. The van der Waals surface area contributed by atoms with Crippen LogP contribution in [0.15, 0.2) is 78.0 Å². The number of aliphatic hydroxyl groups is 1. The van der Waals surface area contributed by atoms with Crippen LogP contribution in [0.25, 0.3) is 0 Å². The van der Waals surface area contributed by atoms with E-state index in [1.807, 2.05) is 61.7 Å². The third-order valence-corrected chi connectivity index (χ3v) is 8.28. The van der Waals surface area contributed by atoms with Crippen molar-refractivity contribution in [1.29, 1.82) is 0 Å². The highest BCUT2D eigenvalue weighted by Crippen LogP contribution is 2.49. The Morgan fingerprint density at radius 1 is 1.06 bits per heavy atom. The van der Waals surface area contributed by atoms with Crippen molar-refractivity contribution >= 4 is 15.7 Å². The molecule has 0 radical (unpaired) electrons. The second-order valence-corrected chi connectivity index (χ2v) is 10.1. The Labute approximate surface area is 182 Å². The Hall–Kier alpha value is -2.74. The number of hydrogen-bond donors (Lipinski definition) is 1. The van der Waals surface area contributed by atoms with Gasteiger partial charge >= 0.3 is 0 Å². The van der Waals surface area contributed by atoms with Gasteiger partial charge in [0.05, 0.1) is 23.7 Å². The van der Waals surface area contributed by atoms with E-state index in [0.717, 1.165) is 16.7 Å². The fraction of sp³-hybridized carbons (Fsp3) is 0.292. The van der Waals surface area contributed by atoms with Gasteiger partial charge in [0.2, 0.25) is 0 Å². The standard InChI is InChI=1S/C24H25N3O3S/c1-17-8-10-19(11-9-17)31(29,30)27-15-22-24(20-6-2-3-7-21(20)27)23(16-28)26(22)14-18-5-4-12-25-13-18/h2-13,22-24,28H,14-16H2,1H3/t22-,23+,24+/m1/s1. The first kappa shape index (κ1) is 20.2. The smallest absolute Gasteiger partial charge is 0.264 e. The molecule has 3 atom stereocenters. The number of para-hydroxylation sites is 1. The molecule has 6 nitrogen and oxygen atoms in total. The summed E-state index contributed by atoms with van der Waals surface area (Å²) in [5.74, 6) is 0.0994. The number of aryl methyl sites for hydroxylation is 1. The first-order chi connectivity index (χ1) is 15.0. The van der Waals surface area contributed by atoms with Crippen molar-refractivity contribution < 1.29 is 13.5 Å². The highest BCUT2D eigenvalue weighted by atomic mass is 32.2. The normalized spacial score (nSPS) is 23.0. The van der Waals surface area contributed by atoms with Crippen molar-refractivity contribution in [2.24, 2.45) is 0 Å². The molecular formula is C24H25N3O3S. The second-order valence-electron chi connectivity index (χ2n) is 8.28. The summed E-state index contributed by atoms with van der Waals surface area (Å²) in [5.41, 5.74) is 3.76. The summed E-state index contributed by atoms with van der Waals surface area (Å²) in [6, 6.07) is 18.5. The van der Waals surface area contributed by atoms with Crippen LogP contribution >= 0.6 is 0 Å². The largest absolute Gasteiger partial charge is 0.395 e. The van der Waals surface area contributed by atoms with Crippen LogP contribution in [0.3, 0.4) is 0 Å². The number of rotatable bonds is 5. The first-order valence-corrected chi connectivity index (χ1v) is 11.9. The number of pyridine rings is 1. The van der Waals surface area contributed by atoms with Crippen molar-refractivity contribution in [1.82, 2.24) is 9.88 Å². The third kappa shape index (κ3) is 3.33. The number of sulfonamides is 1. The summed E-state index contributed by atoms with van der Waals surface area (Å²) in [5, 5.41) is 10.1. The van der Waals surface area contributed by atoms with Crippen molar-refractivity contribution in [3.05, 3.63) is 89.7 Å². The maximum atomic E-state index is 13.6. The molecular weight excluding hydrogens is 410 g/mol. The Morgan fingerprint density at radius 2 is 1.84 bits per heavy atom.